The van der Waals surface area contributed by atoms with Crippen LogP contribution in [0.3, 0.4) is 0 Å². The molecule has 0 aromatic heterocycles. The lowest BCUT2D eigenvalue weighted by molar-refractivity contribution is -0.141. The smallest absolute Gasteiger partial charge is 0.312 e. The van der Waals surface area contributed by atoms with Gasteiger partial charge in [-0.05, 0) is 31.3 Å². The molecular formula is C16H21NO3S. The maximum atomic E-state index is 12.0. The highest BCUT2D eigenvalue weighted by Crippen LogP contribution is 2.30. The molecule has 2 rings (SSSR count). The highest BCUT2D eigenvalue weighted by atomic mass is 32.1. The van der Waals surface area contributed by atoms with Crippen molar-refractivity contribution in [2.75, 3.05) is 5.75 Å². The zero-order valence-corrected chi connectivity index (χ0v) is 12.8. The Morgan fingerprint density at radius 2 is 2.19 bits per heavy atom. The zero-order chi connectivity index (χ0) is 15.2. The van der Waals surface area contributed by atoms with Gasteiger partial charge in [0.15, 0.2) is 0 Å². The number of aliphatic carboxylic acids is 1. The minimum absolute atomic E-state index is 0.117. The quantitative estimate of drug-likeness (QED) is 0.687. The van der Waals surface area contributed by atoms with E-state index >= 15 is 0 Å². The van der Waals surface area contributed by atoms with Crippen LogP contribution in [-0.4, -0.2) is 22.7 Å². The van der Waals surface area contributed by atoms with E-state index < -0.39 is 11.9 Å². The molecule has 5 heteroatoms. The summed E-state index contributed by atoms with van der Waals surface area (Å²) in [5.74, 6) is -1.35. The minimum Gasteiger partial charge on any atom is -0.481 e. The Morgan fingerprint density at radius 3 is 2.90 bits per heavy atom. The number of nitrogens with one attached hydrogen (secondary N) is 1. The summed E-state index contributed by atoms with van der Waals surface area (Å²) in [5.41, 5.74) is 1.48. The Labute approximate surface area is 130 Å². The van der Waals surface area contributed by atoms with Gasteiger partial charge in [-0.3, -0.25) is 9.59 Å². The van der Waals surface area contributed by atoms with Gasteiger partial charge in [0, 0.05) is 11.4 Å². The van der Waals surface area contributed by atoms with Crippen molar-refractivity contribution in [3.05, 3.63) is 35.6 Å². The van der Waals surface area contributed by atoms with Crippen LogP contribution in [0.25, 0.3) is 0 Å². The molecule has 2 aliphatic rings. The topological polar surface area (TPSA) is 66.4 Å². The number of carbonyl (C=O) groups excluding carboxylic acids is 1. The largest absolute Gasteiger partial charge is 0.481 e. The predicted molar refractivity (Wildman–Crippen MR) is 85.0 cm³/mol. The number of hydrogen-bond donors (Lipinski definition) is 3. The second kappa shape index (κ2) is 7.50. The number of amides is 1. The molecule has 1 heterocycles. The van der Waals surface area contributed by atoms with Crippen LogP contribution >= 0.6 is 12.6 Å². The summed E-state index contributed by atoms with van der Waals surface area (Å²) in [6.07, 6.45) is 11.8. The van der Waals surface area contributed by atoms with Crippen LogP contribution in [0.15, 0.2) is 35.6 Å². The van der Waals surface area contributed by atoms with Crippen molar-refractivity contribution in [2.24, 2.45) is 11.8 Å². The summed E-state index contributed by atoms with van der Waals surface area (Å²) in [6, 6.07) is 0. The summed E-state index contributed by atoms with van der Waals surface area (Å²) in [6.45, 7) is 0. The van der Waals surface area contributed by atoms with Crippen molar-refractivity contribution in [1.29, 1.82) is 0 Å². The third kappa shape index (κ3) is 4.00. The summed E-state index contributed by atoms with van der Waals surface area (Å²) < 4.78 is 0. The Morgan fingerprint density at radius 1 is 1.38 bits per heavy atom. The van der Waals surface area contributed by atoms with Gasteiger partial charge in [-0.15, -0.1) is 0 Å². The standard InChI is InChI=1S/C16H21NO3S/c18-15-12(10-21)9-11-7-5-3-1-2-4-6-8-13(16(19)20)14(11)17-15/h1,3,5,7,12-13,21H,2,4,6,8-10H2,(H,17,18)(H,19,20)/b3-1-,7-5+. The van der Waals surface area contributed by atoms with Crippen LogP contribution in [0, 0.1) is 11.8 Å². The van der Waals surface area contributed by atoms with E-state index in [-0.39, 0.29) is 11.8 Å². The van der Waals surface area contributed by atoms with Gasteiger partial charge in [0.05, 0.1) is 11.8 Å². The second-order valence-electron chi connectivity index (χ2n) is 5.47. The summed E-state index contributed by atoms with van der Waals surface area (Å²) in [4.78, 5) is 23.6. The fourth-order valence-corrected chi connectivity index (χ4v) is 3.04. The van der Waals surface area contributed by atoms with Crippen LogP contribution in [0.1, 0.15) is 32.1 Å². The Bertz CT molecular complexity index is 508. The van der Waals surface area contributed by atoms with Crippen molar-refractivity contribution in [3.8, 4) is 0 Å². The summed E-state index contributed by atoms with van der Waals surface area (Å²) in [5, 5.41) is 12.3. The molecule has 2 unspecified atom stereocenters. The SMILES string of the molecule is O=C1NC2=C(/C=C/C=C\CCCCC2C(=O)O)CC1CS. The van der Waals surface area contributed by atoms with E-state index in [1.54, 1.807) is 0 Å². The lowest BCUT2D eigenvalue weighted by Crippen LogP contribution is -2.40. The molecule has 1 amide bonds. The molecule has 0 aromatic carbocycles. The monoisotopic (exact) mass is 307 g/mol. The molecular weight excluding hydrogens is 286 g/mol. The van der Waals surface area contributed by atoms with Gasteiger partial charge < -0.3 is 10.4 Å². The first-order chi connectivity index (χ1) is 10.1. The Kier molecular flexibility index (Phi) is 5.67. The molecule has 114 valence electrons. The highest BCUT2D eigenvalue weighted by Gasteiger charge is 2.32. The number of carboxylic acids is 1. The molecule has 0 aromatic rings. The van der Waals surface area contributed by atoms with Crippen LogP contribution in [0.4, 0.5) is 0 Å². The number of carboxylic acid groups (broad SMARTS) is 1. The molecule has 21 heavy (non-hydrogen) atoms. The molecule has 2 N–H and O–H groups in total. The van der Waals surface area contributed by atoms with E-state index in [0.29, 0.717) is 24.3 Å². The lowest BCUT2D eigenvalue weighted by Gasteiger charge is -2.28. The predicted octanol–water partition coefficient (Wildman–Crippen LogP) is 2.69. The fraction of sp³-hybridized carbons (Fsp3) is 0.500. The third-order valence-corrected chi connectivity index (χ3v) is 4.41. The Hall–Kier alpha value is -1.49. The normalized spacial score (nSPS) is 29.9. The van der Waals surface area contributed by atoms with E-state index in [4.69, 9.17) is 0 Å². The fourth-order valence-electron chi connectivity index (χ4n) is 2.75. The number of thiol groups is 1. The van der Waals surface area contributed by atoms with Gasteiger partial charge in [-0.2, -0.15) is 12.6 Å². The molecule has 0 bridgehead atoms. The second-order valence-corrected chi connectivity index (χ2v) is 5.84. The summed E-state index contributed by atoms with van der Waals surface area (Å²) in [7, 11) is 0. The van der Waals surface area contributed by atoms with Crippen LogP contribution in [-0.2, 0) is 9.59 Å². The maximum Gasteiger partial charge on any atom is 0.312 e. The number of carbonyl (C=O) groups is 2. The van der Waals surface area contributed by atoms with E-state index in [2.05, 4.69) is 24.0 Å². The maximum absolute atomic E-state index is 12.0. The van der Waals surface area contributed by atoms with Crippen molar-refractivity contribution in [1.82, 2.24) is 5.32 Å². The molecule has 0 saturated carbocycles. The first-order valence-electron chi connectivity index (χ1n) is 7.34. The van der Waals surface area contributed by atoms with E-state index in [1.165, 1.54) is 0 Å². The number of allylic oxidation sites excluding steroid dienone is 5. The zero-order valence-electron chi connectivity index (χ0n) is 11.9. The van der Waals surface area contributed by atoms with Crippen LogP contribution in [0.2, 0.25) is 0 Å². The molecule has 0 fully saturated rings. The van der Waals surface area contributed by atoms with Gasteiger partial charge in [-0.1, -0.05) is 30.7 Å². The molecule has 0 radical (unpaired) electrons. The molecule has 1 aliphatic carbocycles. The van der Waals surface area contributed by atoms with Crippen molar-refractivity contribution in [3.63, 3.8) is 0 Å². The average Bonchev–Trinajstić information content (AvgIpc) is 2.50. The van der Waals surface area contributed by atoms with Gasteiger partial charge in [-0.25, -0.2) is 0 Å². The first kappa shape index (κ1) is 15.9. The Balaban J connectivity index is 2.39. The number of hydrogen-bond acceptors (Lipinski definition) is 3. The minimum atomic E-state index is -0.868. The van der Waals surface area contributed by atoms with Gasteiger partial charge in [0.2, 0.25) is 5.91 Å². The van der Waals surface area contributed by atoms with Gasteiger partial charge in [0.25, 0.3) is 0 Å². The highest BCUT2D eigenvalue weighted by molar-refractivity contribution is 7.80. The summed E-state index contributed by atoms with van der Waals surface area (Å²) >= 11 is 4.21. The first-order valence-corrected chi connectivity index (χ1v) is 7.97. The lowest BCUT2D eigenvalue weighted by atomic mass is 9.87. The van der Waals surface area contributed by atoms with E-state index in [1.807, 2.05) is 18.2 Å². The molecule has 0 saturated heterocycles. The van der Waals surface area contributed by atoms with E-state index in [9.17, 15) is 14.7 Å². The molecule has 1 aliphatic heterocycles. The van der Waals surface area contributed by atoms with Crippen molar-refractivity contribution in [2.45, 2.75) is 32.1 Å². The van der Waals surface area contributed by atoms with E-state index in [0.717, 1.165) is 24.8 Å². The van der Waals surface area contributed by atoms with Crippen molar-refractivity contribution >= 4 is 24.5 Å². The molecule has 4 nitrogen and oxygen atoms in total. The van der Waals surface area contributed by atoms with Crippen LogP contribution < -0.4 is 5.32 Å². The van der Waals surface area contributed by atoms with Gasteiger partial charge >= 0.3 is 5.97 Å². The molecule has 2 atom stereocenters. The third-order valence-electron chi connectivity index (χ3n) is 3.97. The average molecular weight is 307 g/mol. The molecule has 0 spiro atoms. The van der Waals surface area contributed by atoms with Crippen LogP contribution in [0.5, 0.6) is 0 Å². The van der Waals surface area contributed by atoms with Gasteiger partial charge in [0.1, 0.15) is 0 Å². The number of rotatable bonds is 2. The van der Waals surface area contributed by atoms with Crippen molar-refractivity contribution < 1.29 is 14.7 Å².